The summed E-state index contributed by atoms with van der Waals surface area (Å²) in [6, 6.07) is 7.72. The first kappa shape index (κ1) is 12.5. The molecule has 6 nitrogen and oxygen atoms in total. The Morgan fingerprint density at radius 3 is 2.70 bits per heavy atom. The Hall–Kier alpha value is -2.50. The van der Waals surface area contributed by atoms with Crippen LogP contribution in [0.25, 0.3) is 11.1 Å². The van der Waals surface area contributed by atoms with Gasteiger partial charge in [0.25, 0.3) is 0 Å². The second-order valence-electron chi connectivity index (χ2n) is 4.83. The van der Waals surface area contributed by atoms with E-state index < -0.39 is 0 Å². The van der Waals surface area contributed by atoms with Crippen LogP contribution in [0.15, 0.2) is 36.7 Å². The first-order valence-electron chi connectivity index (χ1n) is 6.63. The second-order valence-corrected chi connectivity index (χ2v) is 4.83. The van der Waals surface area contributed by atoms with Gasteiger partial charge in [0.05, 0.1) is 12.7 Å². The third kappa shape index (κ3) is 2.59. The monoisotopic (exact) mass is 271 g/mol. The van der Waals surface area contributed by atoms with E-state index in [4.69, 9.17) is 5.73 Å². The number of hydrogen-bond donors (Lipinski definition) is 2. The van der Waals surface area contributed by atoms with Gasteiger partial charge in [-0.3, -0.25) is 4.68 Å². The molecule has 1 saturated heterocycles. The summed E-state index contributed by atoms with van der Waals surface area (Å²) >= 11 is 0. The summed E-state index contributed by atoms with van der Waals surface area (Å²) in [6.07, 6.45) is 3.81. The Morgan fingerprint density at radius 2 is 2.00 bits per heavy atom. The van der Waals surface area contributed by atoms with E-state index in [0.717, 1.165) is 29.9 Å². The quantitative estimate of drug-likeness (QED) is 0.819. The van der Waals surface area contributed by atoms with Gasteiger partial charge in [-0.05, 0) is 17.7 Å². The van der Waals surface area contributed by atoms with Crippen molar-refractivity contribution in [1.82, 2.24) is 20.0 Å². The number of nitrogen functional groups attached to an aromatic ring is 1. The highest BCUT2D eigenvalue weighted by atomic mass is 16.2. The van der Waals surface area contributed by atoms with Gasteiger partial charge >= 0.3 is 6.03 Å². The molecule has 3 rings (SSSR count). The molecule has 0 atom stereocenters. The van der Waals surface area contributed by atoms with Crippen molar-refractivity contribution >= 4 is 11.7 Å². The van der Waals surface area contributed by atoms with Gasteiger partial charge in [-0.2, -0.15) is 5.10 Å². The molecule has 1 aromatic carbocycles. The van der Waals surface area contributed by atoms with Crippen LogP contribution in [-0.2, 0) is 6.54 Å². The fraction of sp³-hybridized carbons (Fsp3) is 0.286. The van der Waals surface area contributed by atoms with E-state index in [-0.39, 0.29) is 6.03 Å². The van der Waals surface area contributed by atoms with Gasteiger partial charge in [-0.15, -0.1) is 0 Å². The normalized spacial score (nSPS) is 14.6. The Balaban J connectivity index is 1.64. The molecule has 0 unspecified atom stereocenters. The van der Waals surface area contributed by atoms with Gasteiger partial charge in [-0.25, -0.2) is 4.79 Å². The molecule has 2 amide bonds. The number of nitrogens with one attached hydrogen (secondary N) is 1. The third-order valence-electron chi connectivity index (χ3n) is 3.42. The number of carbonyl (C=O) groups excluding carboxylic acids is 1. The minimum atomic E-state index is 0.0101. The molecule has 1 aromatic heterocycles. The molecule has 1 aliphatic rings. The Bertz CT molecular complexity index is 604. The lowest BCUT2D eigenvalue weighted by atomic mass is 10.1. The lowest BCUT2D eigenvalue weighted by Gasteiger charge is -2.13. The summed E-state index contributed by atoms with van der Waals surface area (Å²) in [7, 11) is 0. The van der Waals surface area contributed by atoms with Crippen LogP contribution in [0, 0.1) is 0 Å². The van der Waals surface area contributed by atoms with Gasteiger partial charge in [0.15, 0.2) is 0 Å². The van der Waals surface area contributed by atoms with Crippen molar-refractivity contribution in [3.05, 3.63) is 36.7 Å². The predicted molar refractivity (Wildman–Crippen MR) is 77.0 cm³/mol. The highest BCUT2D eigenvalue weighted by Crippen LogP contribution is 2.19. The zero-order valence-corrected chi connectivity index (χ0v) is 11.1. The average molecular weight is 271 g/mol. The lowest BCUT2D eigenvalue weighted by Crippen LogP contribution is -2.31. The molecule has 2 heterocycles. The molecule has 0 bridgehead atoms. The van der Waals surface area contributed by atoms with Crippen molar-refractivity contribution in [2.45, 2.75) is 6.54 Å². The zero-order valence-electron chi connectivity index (χ0n) is 11.1. The zero-order chi connectivity index (χ0) is 13.9. The van der Waals surface area contributed by atoms with E-state index in [9.17, 15) is 4.79 Å². The fourth-order valence-electron chi connectivity index (χ4n) is 2.26. The van der Waals surface area contributed by atoms with Gasteiger partial charge in [0.2, 0.25) is 0 Å². The predicted octanol–water partition coefficient (Wildman–Crippen LogP) is 1.16. The van der Waals surface area contributed by atoms with Crippen LogP contribution in [0.2, 0.25) is 0 Å². The summed E-state index contributed by atoms with van der Waals surface area (Å²) in [5, 5.41) is 7.12. The minimum absolute atomic E-state index is 0.0101. The molecule has 0 aliphatic carbocycles. The molecule has 0 radical (unpaired) electrons. The number of aromatic nitrogens is 2. The average Bonchev–Trinajstić information content (AvgIpc) is 3.06. The van der Waals surface area contributed by atoms with Crippen molar-refractivity contribution < 1.29 is 4.79 Å². The molecule has 104 valence electrons. The summed E-state index contributed by atoms with van der Waals surface area (Å²) < 4.78 is 1.86. The lowest BCUT2D eigenvalue weighted by molar-refractivity contribution is 0.215. The Kier molecular flexibility index (Phi) is 3.28. The maximum Gasteiger partial charge on any atom is 0.317 e. The molecular formula is C14H17N5O. The number of nitrogens with two attached hydrogens (primary N) is 1. The number of hydrogen-bond acceptors (Lipinski definition) is 3. The number of carbonyl (C=O) groups is 1. The number of rotatable bonds is 4. The van der Waals surface area contributed by atoms with E-state index in [2.05, 4.69) is 10.4 Å². The molecular weight excluding hydrogens is 254 g/mol. The highest BCUT2D eigenvalue weighted by molar-refractivity contribution is 5.76. The maximum absolute atomic E-state index is 11.4. The van der Waals surface area contributed by atoms with Gasteiger partial charge in [0, 0.05) is 37.1 Å². The summed E-state index contributed by atoms with van der Waals surface area (Å²) in [4.78, 5) is 13.2. The standard InChI is InChI=1S/C14H17N5O/c15-13-3-1-11(2-4-13)12-9-17-19(10-12)8-7-18-6-5-16-14(18)20/h1-4,9-10H,5-8,15H2,(H,16,20). The van der Waals surface area contributed by atoms with Crippen molar-refractivity contribution in [2.75, 3.05) is 25.4 Å². The SMILES string of the molecule is Nc1ccc(-c2cnn(CCN3CCNC3=O)c2)cc1. The summed E-state index contributed by atoms with van der Waals surface area (Å²) in [6.45, 7) is 2.87. The Labute approximate surface area is 117 Å². The molecule has 20 heavy (non-hydrogen) atoms. The third-order valence-corrected chi connectivity index (χ3v) is 3.42. The van der Waals surface area contributed by atoms with Crippen LogP contribution < -0.4 is 11.1 Å². The van der Waals surface area contributed by atoms with Crippen LogP contribution >= 0.6 is 0 Å². The molecule has 1 fully saturated rings. The smallest absolute Gasteiger partial charge is 0.317 e. The van der Waals surface area contributed by atoms with E-state index in [1.54, 1.807) is 4.90 Å². The van der Waals surface area contributed by atoms with Gasteiger partial charge in [-0.1, -0.05) is 12.1 Å². The number of nitrogens with zero attached hydrogens (tertiary/aromatic N) is 3. The number of urea groups is 1. The Morgan fingerprint density at radius 1 is 1.20 bits per heavy atom. The molecule has 3 N–H and O–H groups in total. The number of benzene rings is 1. The van der Waals surface area contributed by atoms with E-state index in [1.165, 1.54) is 0 Å². The molecule has 0 spiro atoms. The molecule has 1 aliphatic heterocycles. The van der Waals surface area contributed by atoms with E-state index in [1.807, 2.05) is 41.3 Å². The van der Waals surface area contributed by atoms with Crippen molar-refractivity contribution in [2.24, 2.45) is 0 Å². The van der Waals surface area contributed by atoms with Crippen LogP contribution in [-0.4, -0.2) is 40.3 Å². The highest BCUT2D eigenvalue weighted by Gasteiger charge is 2.18. The first-order valence-corrected chi connectivity index (χ1v) is 6.63. The molecule has 6 heteroatoms. The van der Waals surface area contributed by atoms with Gasteiger partial charge in [0.1, 0.15) is 0 Å². The summed E-state index contributed by atoms with van der Waals surface area (Å²) in [5.74, 6) is 0. The largest absolute Gasteiger partial charge is 0.399 e. The minimum Gasteiger partial charge on any atom is -0.399 e. The van der Waals surface area contributed by atoms with Crippen LogP contribution in [0.4, 0.5) is 10.5 Å². The van der Waals surface area contributed by atoms with E-state index >= 15 is 0 Å². The van der Waals surface area contributed by atoms with Crippen LogP contribution in [0.3, 0.4) is 0 Å². The van der Waals surface area contributed by atoms with Crippen molar-refractivity contribution in [1.29, 1.82) is 0 Å². The van der Waals surface area contributed by atoms with Gasteiger partial charge < -0.3 is 16.0 Å². The maximum atomic E-state index is 11.4. The molecule has 2 aromatic rings. The number of amides is 2. The molecule has 0 saturated carbocycles. The second kappa shape index (κ2) is 5.24. The van der Waals surface area contributed by atoms with E-state index in [0.29, 0.717) is 13.1 Å². The topological polar surface area (TPSA) is 76.2 Å². The van der Waals surface area contributed by atoms with Crippen LogP contribution in [0.5, 0.6) is 0 Å². The van der Waals surface area contributed by atoms with Crippen molar-refractivity contribution in [3.8, 4) is 11.1 Å². The summed E-state index contributed by atoms with van der Waals surface area (Å²) in [5.41, 5.74) is 8.57. The van der Waals surface area contributed by atoms with Crippen LogP contribution in [0.1, 0.15) is 0 Å². The number of anilines is 1. The first-order chi connectivity index (χ1) is 9.72. The fourth-order valence-corrected chi connectivity index (χ4v) is 2.26. The van der Waals surface area contributed by atoms with Crippen molar-refractivity contribution in [3.63, 3.8) is 0 Å².